The molecule has 0 unspecified atom stereocenters. The molecular formula is C14H24O2. The van der Waals surface area contributed by atoms with E-state index in [0.717, 1.165) is 19.3 Å². The molecule has 0 aliphatic heterocycles. The lowest BCUT2D eigenvalue weighted by molar-refractivity contribution is -0.136. The second kappa shape index (κ2) is 9.20. The van der Waals surface area contributed by atoms with E-state index in [4.69, 9.17) is 0 Å². The number of methoxy groups -OCH3 is 1. The van der Waals surface area contributed by atoms with Gasteiger partial charge < -0.3 is 4.74 Å². The zero-order chi connectivity index (χ0) is 12.4. The summed E-state index contributed by atoms with van der Waals surface area (Å²) in [5.41, 5.74) is 1.98. The summed E-state index contributed by atoms with van der Waals surface area (Å²) in [4.78, 5) is 11.1. The van der Waals surface area contributed by atoms with Gasteiger partial charge in [-0.3, -0.25) is 0 Å². The third kappa shape index (κ3) is 8.27. The molecular weight excluding hydrogens is 200 g/mol. The first-order chi connectivity index (χ1) is 7.57. The van der Waals surface area contributed by atoms with E-state index in [0.29, 0.717) is 5.57 Å². The van der Waals surface area contributed by atoms with Gasteiger partial charge >= 0.3 is 5.97 Å². The van der Waals surface area contributed by atoms with Gasteiger partial charge in [-0.25, -0.2) is 4.79 Å². The van der Waals surface area contributed by atoms with Gasteiger partial charge in [0, 0.05) is 5.57 Å². The largest absolute Gasteiger partial charge is 0.466 e. The molecule has 0 aromatic carbocycles. The summed E-state index contributed by atoms with van der Waals surface area (Å²) in [7, 11) is 1.41. The molecule has 0 saturated carbocycles. The third-order valence-corrected chi connectivity index (χ3v) is 2.52. The molecule has 0 aromatic heterocycles. The van der Waals surface area contributed by atoms with Crippen molar-refractivity contribution in [1.82, 2.24) is 0 Å². The summed E-state index contributed by atoms with van der Waals surface area (Å²) >= 11 is 0. The summed E-state index contributed by atoms with van der Waals surface area (Å²) in [5, 5.41) is 0. The maximum absolute atomic E-state index is 11.1. The van der Waals surface area contributed by atoms with Crippen LogP contribution in [0.3, 0.4) is 0 Å². The van der Waals surface area contributed by atoms with Crippen molar-refractivity contribution in [3.63, 3.8) is 0 Å². The molecule has 0 radical (unpaired) electrons. The third-order valence-electron chi connectivity index (χ3n) is 2.52. The first-order valence-electron chi connectivity index (χ1n) is 5.97. The molecule has 0 N–H and O–H groups in total. The number of esters is 1. The van der Waals surface area contributed by atoms with Crippen LogP contribution in [0, 0.1) is 0 Å². The predicted octanol–water partition coefficient (Wildman–Crippen LogP) is 4.02. The van der Waals surface area contributed by atoms with Gasteiger partial charge in [0.25, 0.3) is 0 Å². The van der Waals surface area contributed by atoms with Crippen LogP contribution in [0.2, 0.25) is 0 Å². The van der Waals surface area contributed by atoms with Gasteiger partial charge in [-0.2, -0.15) is 0 Å². The molecule has 0 heterocycles. The summed E-state index contributed by atoms with van der Waals surface area (Å²) < 4.78 is 4.62. The van der Waals surface area contributed by atoms with Crippen molar-refractivity contribution in [3.8, 4) is 0 Å². The fraction of sp³-hybridized carbons (Fsp3) is 0.643. The number of unbranched alkanes of at least 4 members (excludes halogenated alkanes) is 4. The maximum atomic E-state index is 11.1. The lowest BCUT2D eigenvalue weighted by Gasteiger charge is -2.01. The number of carbonyl (C=O) groups excluding carboxylic acids is 1. The normalized spacial score (nSPS) is 11.3. The molecule has 0 bridgehead atoms. The summed E-state index contributed by atoms with van der Waals surface area (Å²) in [6.45, 7) is 7.75. The summed E-state index contributed by atoms with van der Waals surface area (Å²) in [6.07, 6.45) is 8.91. The molecule has 0 atom stereocenters. The molecule has 0 aliphatic rings. The van der Waals surface area contributed by atoms with E-state index < -0.39 is 0 Å². The summed E-state index contributed by atoms with van der Waals surface area (Å²) in [6, 6.07) is 0. The van der Waals surface area contributed by atoms with Crippen molar-refractivity contribution < 1.29 is 9.53 Å². The van der Waals surface area contributed by atoms with Gasteiger partial charge in [-0.1, -0.05) is 24.5 Å². The van der Waals surface area contributed by atoms with Crippen molar-refractivity contribution in [2.24, 2.45) is 0 Å². The van der Waals surface area contributed by atoms with Crippen LogP contribution in [-0.2, 0) is 9.53 Å². The first kappa shape index (κ1) is 14.9. The molecule has 0 fully saturated rings. The number of allylic oxidation sites excluding steroid dienone is 2. The zero-order valence-corrected chi connectivity index (χ0v) is 10.8. The highest BCUT2D eigenvalue weighted by atomic mass is 16.5. The van der Waals surface area contributed by atoms with E-state index in [9.17, 15) is 4.79 Å². The van der Waals surface area contributed by atoms with E-state index in [1.54, 1.807) is 6.92 Å². The van der Waals surface area contributed by atoms with E-state index >= 15 is 0 Å². The van der Waals surface area contributed by atoms with Crippen LogP contribution in [0.25, 0.3) is 0 Å². The Balaban J connectivity index is 3.46. The average molecular weight is 224 g/mol. The molecule has 16 heavy (non-hydrogen) atoms. The minimum atomic E-state index is -0.220. The SMILES string of the molecule is C=C(C)CCCCCC/C=C(\C)C(=O)OC. The Labute approximate surface area is 99.4 Å². The second-order valence-corrected chi connectivity index (χ2v) is 4.29. The van der Waals surface area contributed by atoms with Crippen LogP contribution in [0.5, 0.6) is 0 Å². The number of rotatable bonds is 8. The fourth-order valence-corrected chi connectivity index (χ4v) is 1.49. The number of hydrogen-bond acceptors (Lipinski definition) is 2. The van der Waals surface area contributed by atoms with Gasteiger partial charge in [0.2, 0.25) is 0 Å². The molecule has 0 rings (SSSR count). The predicted molar refractivity (Wildman–Crippen MR) is 68.3 cm³/mol. The Hall–Kier alpha value is -1.05. The smallest absolute Gasteiger partial charge is 0.333 e. The molecule has 0 saturated heterocycles. The Morgan fingerprint density at radius 3 is 2.38 bits per heavy atom. The monoisotopic (exact) mass is 224 g/mol. The first-order valence-corrected chi connectivity index (χ1v) is 5.97. The maximum Gasteiger partial charge on any atom is 0.333 e. The molecule has 2 heteroatoms. The van der Waals surface area contributed by atoms with Crippen LogP contribution in [0.4, 0.5) is 0 Å². The Bertz CT molecular complexity index is 251. The Morgan fingerprint density at radius 2 is 1.81 bits per heavy atom. The van der Waals surface area contributed by atoms with Crippen LogP contribution < -0.4 is 0 Å². The Morgan fingerprint density at radius 1 is 1.19 bits per heavy atom. The van der Waals surface area contributed by atoms with Gasteiger partial charge in [0.05, 0.1) is 7.11 Å². The van der Waals surface area contributed by atoms with Crippen LogP contribution in [-0.4, -0.2) is 13.1 Å². The van der Waals surface area contributed by atoms with Crippen LogP contribution in [0.15, 0.2) is 23.8 Å². The number of hydrogen-bond donors (Lipinski definition) is 0. The highest BCUT2D eigenvalue weighted by Gasteiger charge is 2.00. The Kier molecular flexibility index (Phi) is 8.59. The van der Waals surface area contributed by atoms with Crippen molar-refractivity contribution in [3.05, 3.63) is 23.8 Å². The lowest BCUT2D eigenvalue weighted by atomic mass is 10.1. The summed E-state index contributed by atoms with van der Waals surface area (Å²) in [5.74, 6) is -0.220. The van der Waals surface area contributed by atoms with Gasteiger partial charge in [-0.05, 0) is 39.5 Å². The molecule has 0 aliphatic carbocycles. The highest BCUT2D eigenvalue weighted by molar-refractivity contribution is 5.87. The zero-order valence-electron chi connectivity index (χ0n) is 10.8. The number of carbonyl (C=O) groups is 1. The quantitative estimate of drug-likeness (QED) is 0.269. The molecule has 0 amide bonds. The number of ether oxygens (including phenoxy) is 1. The molecule has 0 spiro atoms. The van der Waals surface area contributed by atoms with E-state index in [-0.39, 0.29) is 5.97 Å². The van der Waals surface area contributed by atoms with Crippen molar-refractivity contribution in [1.29, 1.82) is 0 Å². The fourth-order valence-electron chi connectivity index (χ4n) is 1.49. The van der Waals surface area contributed by atoms with Crippen molar-refractivity contribution in [2.75, 3.05) is 7.11 Å². The van der Waals surface area contributed by atoms with Crippen molar-refractivity contribution in [2.45, 2.75) is 52.4 Å². The second-order valence-electron chi connectivity index (χ2n) is 4.29. The minimum absolute atomic E-state index is 0.220. The van der Waals surface area contributed by atoms with E-state index in [2.05, 4.69) is 18.2 Å². The minimum Gasteiger partial charge on any atom is -0.466 e. The molecule has 0 aromatic rings. The highest BCUT2D eigenvalue weighted by Crippen LogP contribution is 2.10. The van der Waals surface area contributed by atoms with Crippen LogP contribution in [0.1, 0.15) is 52.4 Å². The van der Waals surface area contributed by atoms with E-state index in [1.165, 1.54) is 31.9 Å². The average Bonchev–Trinajstić information content (AvgIpc) is 2.25. The van der Waals surface area contributed by atoms with Gasteiger partial charge in [0.15, 0.2) is 0 Å². The molecule has 2 nitrogen and oxygen atoms in total. The molecule has 92 valence electrons. The lowest BCUT2D eigenvalue weighted by Crippen LogP contribution is -2.01. The standard InChI is InChI=1S/C14H24O2/c1-12(2)10-8-6-5-7-9-11-13(3)14(15)16-4/h11H,1,5-10H2,2-4H3/b13-11+. The van der Waals surface area contributed by atoms with Crippen molar-refractivity contribution >= 4 is 5.97 Å². The van der Waals surface area contributed by atoms with E-state index in [1.807, 2.05) is 6.08 Å². The topological polar surface area (TPSA) is 26.3 Å². The van der Waals surface area contributed by atoms with Gasteiger partial charge in [0.1, 0.15) is 0 Å². The van der Waals surface area contributed by atoms with Crippen LogP contribution >= 0.6 is 0 Å². The van der Waals surface area contributed by atoms with Gasteiger partial charge in [-0.15, -0.1) is 6.58 Å².